The summed E-state index contributed by atoms with van der Waals surface area (Å²) in [5, 5.41) is 3.17. The summed E-state index contributed by atoms with van der Waals surface area (Å²) in [5.74, 6) is 0. The Morgan fingerprint density at radius 3 is 2.67 bits per heavy atom. The third-order valence-corrected chi connectivity index (χ3v) is 1.03. The fourth-order valence-electron chi connectivity index (χ4n) is 0.619. The molecule has 0 radical (unpaired) electrons. The van der Waals surface area contributed by atoms with E-state index in [2.05, 4.69) is 11.1 Å². The van der Waals surface area contributed by atoms with E-state index in [0.717, 1.165) is 13.1 Å². The van der Waals surface area contributed by atoms with Gasteiger partial charge in [0.1, 0.15) is 0 Å². The predicted molar refractivity (Wildman–Crippen MR) is 23.6 cm³/mol. The van der Waals surface area contributed by atoms with E-state index in [9.17, 15) is 0 Å². The van der Waals surface area contributed by atoms with E-state index in [1.165, 1.54) is 12.5 Å². The maximum Gasteiger partial charge on any atom is -0.0297 e. The third-order valence-electron chi connectivity index (χ3n) is 1.03. The summed E-state index contributed by atoms with van der Waals surface area (Å²) in [4.78, 5) is 0. The summed E-state index contributed by atoms with van der Waals surface area (Å²) in [6.07, 6.45) is 1.18. The second-order valence-electron chi connectivity index (χ2n) is 1.68. The standard InChI is InChI=1S/C4H10N2/c5-4-1-2-6-3-4/h6H,1-3H2,5H3. The lowest BCUT2D eigenvalue weighted by Gasteiger charge is -2.03. The maximum absolute atomic E-state index is 3.79. The second-order valence-corrected chi connectivity index (χ2v) is 1.68. The fraction of sp³-hybridized carbons (Fsp3) is 0.750. The molecule has 1 rings (SSSR count). The second kappa shape index (κ2) is 1.58. The highest BCUT2D eigenvalue weighted by Gasteiger charge is 1.97. The first-order valence-corrected chi connectivity index (χ1v) is 2.27. The normalized spacial score (nSPS) is 25.5. The van der Waals surface area contributed by atoms with Gasteiger partial charge >= 0.3 is 0 Å². The molecule has 0 aromatic rings. The molecule has 2 heteroatoms. The number of quaternary nitrogens is 1. The SMILES string of the molecule is [NH3+][C-]1CCNC1. The monoisotopic (exact) mass is 86.1 g/mol. The fourth-order valence-corrected chi connectivity index (χ4v) is 0.619. The Labute approximate surface area is 37.7 Å². The van der Waals surface area contributed by atoms with Crippen molar-refractivity contribution in [3.63, 3.8) is 0 Å². The van der Waals surface area contributed by atoms with Crippen LogP contribution in [-0.4, -0.2) is 13.1 Å². The van der Waals surface area contributed by atoms with Gasteiger partial charge in [-0.3, -0.25) is 0 Å². The predicted octanol–water partition coefficient (Wildman–Crippen LogP) is -1.25. The summed E-state index contributed by atoms with van der Waals surface area (Å²) in [6, 6.07) is 1.34. The molecule has 0 aromatic carbocycles. The molecule has 0 spiro atoms. The molecule has 0 amide bonds. The minimum absolute atomic E-state index is 1.04. The van der Waals surface area contributed by atoms with Crippen molar-refractivity contribution in [3.05, 3.63) is 6.04 Å². The van der Waals surface area contributed by atoms with Gasteiger partial charge in [0.25, 0.3) is 0 Å². The molecule has 1 saturated heterocycles. The summed E-state index contributed by atoms with van der Waals surface area (Å²) in [7, 11) is 0. The van der Waals surface area contributed by atoms with Gasteiger partial charge in [-0.25, -0.2) is 0 Å². The van der Waals surface area contributed by atoms with Gasteiger partial charge in [0.2, 0.25) is 0 Å². The van der Waals surface area contributed by atoms with Crippen LogP contribution >= 0.6 is 0 Å². The Bertz CT molecular complexity index is 38.8. The van der Waals surface area contributed by atoms with E-state index >= 15 is 0 Å². The molecule has 0 unspecified atom stereocenters. The molecule has 0 aliphatic carbocycles. The molecule has 6 heavy (non-hydrogen) atoms. The number of nitrogens with one attached hydrogen (secondary N) is 1. The van der Waals surface area contributed by atoms with Crippen LogP contribution in [0.1, 0.15) is 6.42 Å². The largest absolute Gasteiger partial charge is 0.484 e. The third kappa shape index (κ3) is 0.698. The topological polar surface area (TPSA) is 39.7 Å². The lowest BCUT2D eigenvalue weighted by atomic mass is 10.3. The van der Waals surface area contributed by atoms with Crippen LogP contribution in [0.2, 0.25) is 0 Å². The smallest absolute Gasteiger partial charge is 0.0297 e. The highest BCUT2D eigenvalue weighted by molar-refractivity contribution is 4.83. The van der Waals surface area contributed by atoms with Crippen LogP contribution in [0, 0.1) is 6.04 Å². The van der Waals surface area contributed by atoms with Crippen molar-refractivity contribution < 1.29 is 5.73 Å². The van der Waals surface area contributed by atoms with Crippen LogP contribution in [-0.2, 0) is 0 Å². The average Bonchev–Trinajstić information content (AvgIpc) is 1.86. The van der Waals surface area contributed by atoms with Crippen LogP contribution in [0.5, 0.6) is 0 Å². The molecule has 36 valence electrons. The molecular formula is C4H10N2. The van der Waals surface area contributed by atoms with Gasteiger partial charge in [-0.05, 0) is 6.54 Å². The molecular weight excluding hydrogens is 76.1 g/mol. The molecule has 1 aliphatic rings. The molecule has 1 aliphatic heterocycles. The maximum atomic E-state index is 3.79. The van der Waals surface area contributed by atoms with Crippen molar-refractivity contribution in [1.29, 1.82) is 0 Å². The van der Waals surface area contributed by atoms with Gasteiger partial charge in [-0.1, -0.05) is 6.54 Å². The van der Waals surface area contributed by atoms with Crippen LogP contribution in [0.25, 0.3) is 0 Å². The van der Waals surface area contributed by atoms with Crippen LogP contribution in [0.15, 0.2) is 0 Å². The van der Waals surface area contributed by atoms with Crippen molar-refractivity contribution in [2.75, 3.05) is 13.1 Å². The van der Waals surface area contributed by atoms with Crippen molar-refractivity contribution in [3.8, 4) is 0 Å². The van der Waals surface area contributed by atoms with Crippen molar-refractivity contribution >= 4 is 0 Å². The van der Waals surface area contributed by atoms with E-state index in [0.29, 0.717) is 0 Å². The van der Waals surface area contributed by atoms with E-state index in [1.54, 1.807) is 0 Å². The highest BCUT2D eigenvalue weighted by Crippen LogP contribution is 1.96. The molecule has 0 aromatic heterocycles. The molecule has 0 saturated carbocycles. The molecule has 2 nitrogen and oxygen atoms in total. The van der Waals surface area contributed by atoms with Gasteiger partial charge in [0, 0.05) is 0 Å². The molecule has 4 N–H and O–H groups in total. The molecule has 1 fully saturated rings. The van der Waals surface area contributed by atoms with Crippen LogP contribution < -0.4 is 11.1 Å². The zero-order chi connectivity index (χ0) is 4.41. The summed E-state index contributed by atoms with van der Waals surface area (Å²) >= 11 is 0. The number of hydrogen-bond donors (Lipinski definition) is 2. The molecule has 1 heterocycles. The van der Waals surface area contributed by atoms with Crippen molar-refractivity contribution in [2.45, 2.75) is 6.42 Å². The van der Waals surface area contributed by atoms with E-state index < -0.39 is 0 Å². The Kier molecular flexibility index (Phi) is 1.08. The van der Waals surface area contributed by atoms with Crippen LogP contribution in [0.3, 0.4) is 0 Å². The number of hydrogen-bond acceptors (Lipinski definition) is 1. The minimum Gasteiger partial charge on any atom is -0.484 e. The molecule has 0 bridgehead atoms. The Hall–Kier alpha value is -0.0800. The highest BCUT2D eigenvalue weighted by atomic mass is 14.9. The van der Waals surface area contributed by atoms with Gasteiger partial charge < -0.3 is 11.1 Å². The van der Waals surface area contributed by atoms with Gasteiger partial charge in [-0.2, -0.15) is 0 Å². The minimum atomic E-state index is 1.04. The first-order valence-electron chi connectivity index (χ1n) is 2.27. The Morgan fingerprint density at radius 2 is 2.50 bits per heavy atom. The quantitative estimate of drug-likeness (QED) is 0.355. The zero-order valence-electron chi connectivity index (χ0n) is 3.83. The summed E-state index contributed by atoms with van der Waals surface area (Å²) < 4.78 is 0. The average molecular weight is 86.1 g/mol. The lowest BCUT2D eigenvalue weighted by molar-refractivity contribution is -0.350. The van der Waals surface area contributed by atoms with Crippen molar-refractivity contribution in [2.24, 2.45) is 0 Å². The van der Waals surface area contributed by atoms with Gasteiger partial charge in [0.15, 0.2) is 0 Å². The van der Waals surface area contributed by atoms with E-state index in [1.807, 2.05) is 0 Å². The Balaban J connectivity index is 2.18. The number of rotatable bonds is 0. The first kappa shape index (κ1) is 4.09. The summed E-state index contributed by atoms with van der Waals surface area (Å²) in [6.45, 7) is 2.18. The van der Waals surface area contributed by atoms with E-state index in [4.69, 9.17) is 0 Å². The lowest BCUT2D eigenvalue weighted by Crippen LogP contribution is -2.54. The summed E-state index contributed by atoms with van der Waals surface area (Å²) in [5.41, 5.74) is 3.79. The Morgan fingerprint density at radius 1 is 1.67 bits per heavy atom. The van der Waals surface area contributed by atoms with Gasteiger partial charge in [0.05, 0.1) is 0 Å². The first-order chi connectivity index (χ1) is 2.89. The van der Waals surface area contributed by atoms with Crippen LogP contribution in [0.4, 0.5) is 0 Å². The van der Waals surface area contributed by atoms with E-state index in [-0.39, 0.29) is 0 Å². The molecule has 0 atom stereocenters. The van der Waals surface area contributed by atoms with Gasteiger partial charge in [-0.15, -0.1) is 12.5 Å². The van der Waals surface area contributed by atoms with Crippen molar-refractivity contribution in [1.82, 2.24) is 5.32 Å². The zero-order valence-corrected chi connectivity index (χ0v) is 3.83.